The largest absolute Gasteiger partial charge is 0.357 e. The molecule has 0 bridgehead atoms. The maximum Gasteiger partial charge on any atom is 0.191 e. The third-order valence-electron chi connectivity index (χ3n) is 3.62. The van der Waals surface area contributed by atoms with E-state index in [2.05, 4.69) is 50.3 Å². The van der Waals surface area contributed by atoms with Crippen LogP contribution >= 0.6 is 11.3 Å². The Morgan fingerprint density at radius 3 is 2.80 bits per heavy atom. The zero-order chi connectivity index (χ0) is 17.3. The fourth-order valence-corrected chi connectivity index (χ4v) is 3.13. The van der Waals surface area contributed by atoms with Crippen LogP contribution in [0.5, 0.6) is 0 Å². The summed E-state index contributed by atoms with van der Waals surface area (Å²) in [4.78, 5) is 6.00. The van der Waals surface area contributed by atoms with Gasteiger partial charge in [0.15, 0.2) is 11.8 Å². The third-order valence-corrected chi connectivity index (χ3v) is 4.56. The number of guanidine groups is 1. The molecule has 1 aromatic carbocycles. The van der Waals surface area contributed by atoms with Gasteiger partial charge in [-0.25, -0.2) is 4.99 Å². The predicted molar refractivity (Wildman–Crippen MR) is 102 cm³/mol. The minimum Gasteiger partial charge on any atom is -0.357 e. The number of para-hydroxylation sites is 1. The fourth-order valence-electron chi connectivity index (χ4n) is 2.42. The first-order valence-electron chi connectivity index (χ1n) is 8.35. The molecule has 2 aromatic heterocycles. The van der Waals surface area contributed by atoms with Gasteiger partial charge >= 0.3 is 0 Å². The molecule has 2 heterocycles. The van der Waals surface area contributed by atoms with E-state index in [4.69, 9.17) is 0 Å². The van der Waals surface area contributed by atoms with E-state index in [1.165, 1.54) is 4.88 Å². The van der Waals surface area contributed by atoms with Gasteiger partial charge in [0.25, 0.3) is 0 Å². The van der Waals surface area contributed by atoms with Crippen LogP contribution in [0.4, 0.5) is 0 Å². The van der Waals surface area contributed by atoms with Crippen LogP contribution in [-0.2, 0) is 13.0 Å². The Bertz CT molecular complexity index is 779. The monoisotopic (exact) mass is 354 g/mol. The highest BCUT2D eigenvalue weighted by Gasteiger charge is 2.06. The van der Waals surface area contributed by atoms with Crippen LogP contribution in [0.25, 0.3) is 5.69 Å². The first-order valence-corrected chi connectivity index (χ1v) is 9.23. The van der Waals surface area contributed by atoms with Gasteiger partial charge in [-0.3, -0.25) is 4.57 Å². The van der Waals surface area contributed by atoms with Crippen molar-refractivity contribution >= 4 is 17.3 Å². The molecule has 0 saturated carbocycles. The standard InChI is InChI=1S/C18H22N6S/c1-2-19-18(20-11-10-16-9-6-12-25-16)21-13-17-23-22-14-24(17)15-7-4-3-5-8-15/h3-9,12,14H,2,10-11,13H2,1H3,(H2,19,20,21). The van der Waals surface area contributed by atoms with Crippen molar-refractivity contribution in [3.63, 3.8) is 0 Å². The Morgan fingerprint density at radius 2 is 2.04 bits per heavy atom. The van der Waals surface area contributed by atoms with Crippen molar-refractivity contribution in [2.75, 3.05) is 13.1 Å². The summed E-state index contributed by atoms with van der Waals surface area (Å²) in [6.45, 7) is 4.18. The number of hydrogen-bond acceptors (Lipinski definition) is 4. The Hall–Kier alpha value is -2.67. The molecule has 0 amide bonds. The summed E-state index contributed by atoms with van der Waals surface area (Å²) in [5.74, 6) is 1.60. The second kappa shape index (κ2) is 8.98. The molecule has 25 heavy (non-hydrogen) atoms. The first kappa shape index (κ1) is 17.2. The van der Waals surface area contributed by atoms with Gasteiger partial charge in [0.2, 0.25) is 0 Å². The highest BCUT2D eigenvalue weighted by molar-refractivity contribution is 7.09. The number of aromatic nitrogens is 3. The molecule has 0 unspecified atom stereocenters. The predicted octanol–water partition coefficient (Wildman–Crippen LogP) is 2.63. The van der Waals surface area contributed by atoms with Gasteiger partial charge in [-0.15, -0.1) is 21.5 Å². The van der Waals surface area contributed by atoms with Crippen LogP contribution in [0.15, 0.2) is 59.2 Å². The number of nitrogens with zero attached hydrogens (tertiary/aromatic N) is 4. The molecule has 0 atom stereocenters. The molecular weight excluding hydrogens is 332 g/mol. The van der Waals surface area contributed by atoms with E-state index >= 15 is 0 Å². The van der Waals surface area contributed by atoms with Crippen LogP contribution in [-0.4, -0.2) is 33.8 Å². The third kappa shape index (κ3) is 4.90. The Morgan fingerprint density at radius 1 is 1.16 bits per heavy atom. The fraction of sp³-hybridized carbons (Fsp3) is 0.278. The van der Waals surface area contributed by atoms with Crippen molar-refractivity contribution in [2.45, 2.75) is 19.9 Å². The molecule has 3 rings (SSSR count). The molecule has 2 N–H and O–H groups in total. The van der Waals surface area contributed by atoms with Gasteiger partial charge in [-0.1, -0.05) is 24.3 Å². The van der Waals surface area contributed by atoms with Crippen LogP contribution < -0.4 is 10.6 Å². The lowest BCUT2D eigenvalue weighted by atomic mass is 10.3. The average molecular weight is 354 g/mol. The van der Waals surface area contributed by atoms with E-state index in [9.17, 15) is 0 Å². The van der Waals surface area contributed by atoms with Crippen molar-refractivity contribution in [1.29, 1.82) is 0 Å². The molecular formula is C18H22N6S. The first-order chi connectivity index (χ1) is 12.4. The highest BCUT2D eigenvalue weighted by Crippen LogP contribution is 2.10. The Balaban J connectivity index is 1.62. The summed E-state index contributed by atoms with van der Waals surface area (Å²) < 4.78 is 1.96. The number of nitrogens with one attached hydrogen (secondary N) is 2. The normalized spacial score (nSPS) is 11.5. The molecule has 0 spiro atoms. The molecule has 0 aliphatic heterocycles. The molecule has 6 nitrogen and oxygen atoms in total. The maximum atomic E-state index is 4.64. The van der Waals surface area contributed by atoms with E-state index in [1.807, 2.05) is 34.9 Å². The summed E-state index contributed by atoms with van der Waals surface area (Å²) in [7, 11) is 0. The lowest BCUT2D eigenvalue weighted by Gasteiger charge is -2.11. The molecule has 0 aliphatic rings. The molecule has 130 valence electrons. The quantitative estimate of drug-likeness (QED) is 0.506. The molecule has 7 heteroatoms. The number of thiophene rings is 1. The second-order valence-corrected chi connectivity index (χ2v) is 6.44. The van der Waals surface area contributed by atoms with Gasteiger partial charge < -0.3 is 10.6 Å². The van der Waals surface area contributed by atoms with Gasteiger partial charge in [-0.05, 0) is 36.9 Å². The summed E-state index contributed by atoms with van der Waals surface area (Å²) in [6.07, 6.45) is 2.71. The van der Waals surface area contributed by atoms with Gasteiger partial charge in [-0.2, -0.15) is 0 Å². The number of benzene rings is 1. The van der Waals surface area contributed by atoms with Crippen LogP contribution in [0.2, 0.25) is 0 Å². The zero-order valence-electron chi connectivity index (χ0n) is 14.2. The number of rotatable bonds is 7. The molecule has 0 aliphatic carbocycles. The van der Waals surface area contributed by atoms with E-state index in [0.717, 1.165) is 37.0 Å². The van der Waals surface area contributed by atoms with Crippen LogP contribution in [0.1, 0.15) is 17.6 Å². The maximum absolute atomic E-state index is 4.64. The minimum atomic E-state index is 0.462. The van der Waals surface area contributed by atoms with Crippen molar-refractivity contribution in [1.82, 2.24) is 25.4 Å². The summed E-state index contributed by atoms with van der Waals surface area (Å²) in [5, 5.41) is 17.0. The SMILES string of the molecule is CCNC(=NCc1nncn1-c1ccccc1)NCCc1cccs1. The summed E-state index contributed by atoms with van der Waals surface area (Å²) >= 11 is 1.78. The Kier molecular flexibility index (Phi) is 6.17. The topological polar surface area (TPSA) is 67.1 Å². The molecule has 0 radical (unpaired) electrons. The van der Waals surface area contributed by atoms with E-state index in [-0.39, 0.29) is 0 Å². The molecule has 0 saturated heterocycles. The van der Waals surface area contributed by atoms with E-state index in [1.54, 1.807) is 17.7 Å². The lowest BCUT2D eigenvalue weighted by Crippen LogP contribution is -2.38. The van der Waals surface area contributed by atoms with E-state index in [0.29, 0.717) is 6.54 Å². The zero-order valence-corrected chi connectivity index (χ0v) is 15.0. The summed E-state index contributed by atoms with van der Waals surface area (Å²) in [5.41, 5.74) is 1.04. The van der Waals surface area contributed by atoms with Gasteiger partial charge in [0.05, 0.1) is 0 Å². The minimum absolute atomic E-state index is 0.462. The van der Waals surface area contributed by atoms with Crippen molar-refractivity contribution in [2.24, 2.45) is 4.99 Å². The number of hydrogen-bond donors (Lipinski definition) is 2. The Labute approximate surface area is 151 Å². The van der Waals surface area contributed by atoms with Crippen molar-refractivity contribution in [3.8, 4) is 5.69 Å². The van der Waals surface area contributed by atoms with Gasteiger partial charge in [0, 0.05) is 23.7 Å². The molecule has 0 fully saturated rings. The average Bonchev–Trinajstić information content (AvgIpc) is 3.32. The lowest BCUT2D eigenvalue weighted by molar-refractivity contribution is 0.787. The van der Waals surface area contributed by atoms with Crippen molar-refractivity contribution in [3.05, 3.63) is 64.9 Å². The molecule has 3 aromatic rings. The van der Waals surface area contributed by atoms with Gasteiger partial charge in [0.1, 0.15) is 12.9 Å². The smallest absolute Gasteiger partial charge is 0.191 e. The second-order valence-electron chi connectivity index (χ2n) is 5.40. The summed E-state index contributed by atoms with van der Waals surface area (Å²) in [6, 6.07) is 14.3. The number of aliphatic imine (C=N–C) groups is 1. The van der Waals surface area contributed by atoms with Crippen LogP contribution in [0.3, 0.4) is 0 Å². The van der Waals surface area contributed by atoms with Crippen LogP contribution in [0, 0.1) is 0 Å². The van der Waals surface area contributed by atoms with E-state index < -0.39 is 0 Å². The highest BCUT2D eigenvalue weighted by atomic mass is 32.1. The van der Waals surface area contributed by atoms with Crippen molar-refractivity contribution < 1.29 is 0 Å².